The van der Waals surface area contributed by atoms with Crippen molar-refractivity contribution in [3.05, 3.63) is 0 Å². The summed E-state index contributed by atoms with van der Waals surface area (Å²) in [6, 6.07) is 0. The monoisotopic (exact) mass is 500 g/mol. The molecule has 5 nitrogen and oxygen atoms in total. The normalized spacial score (nSPS) is 11.9. The van der Waals surface area contributed by atoms with Crippen LogP contribution in [0, 0.1) is 0 Å². The van der Waals surface area contributed by atoms with Gasteiger partial charge in [0.25, 0.3) is 5.97 Å². The predicted octanol–water partition coefficient (Wildman–Crippen LogP) is 9.42. The molecule has 0 spiro atoms. The Balaban J connectivity index is 3.91. The third-order valence-electron chi connectivity index (χ3n) is 6.58. The molecule has 0 atom stereocenters. The summed E-state index contributed by atoms with van der Waals surface area (Å²) >= 11 is 0. The smallest absolute Gasteiger partial charge is 0.303 e. The molecule has 0 aliphatic carbocycles. The van der Waals surface area contributed by atoms with Crippen LogP contribution >= 0.6 is 0 Å². The van der Waals surface area contributed by atoms with Crippen LogP contribution in [-0.2, 0) is 19.0 Å². The van der Waals surface area contributed by atoms with E-state index in [1.165, 1.54) is 70.6 Å². The Morgan fingerprint density at radius 1 is 0.514 bits per heavy atom. The molecule has 0 aromatic rings. The molecule has 5 heteroatoms. The van der Waals surface area contributed by atoms with Gasteiger partial charge in [0, 0.05) is 12.8 Å². The number of carboxylic acids is 1. The summed E-state index contributed by atoms with van der Waals surface area (Å²) in [6.07, 6.45) is 24.9. The fraction of sp³-hybridized carbons (Fsp3) is 0.967. The van der Waals surface area contributed by atoms with E-state index in [0.29, 0.717) is 26.2 Å². The molecule has 0 saturated heterocycles. The van der Waals surface area contributed by atoms with Gasteiger partial charge in [0.2, 0.25) is 0 Å². The van der Waals surface area contributed by atoms with Crippen LogP contribution in [0.3, 0.4) is 0 Å². The first kappa shape index (κ1) is 34.4. The SMILES string of the molecule is CCCCOC(CCCCCCCCCCCCCCCCC(=O)O)(OCCCC)OCCCC. The highest BCUT2D eigenvalue weighted by molar-refractivity contribution is 5.66. The molecule has 35 heavy (non-hydrogen) atoms. The summed E-state index contributed by atoms with van der Waals surface area (Å²) in [5, 5.41) is 8.64. The third-order valence-corrected chi connectivity index (χ3v) is 6.58. The maximum atomic E-state index is 10.5. The average Bonchev–Trinajstić information content (AvgIpc) is 2.84. The number of hydrogen-bond donors (Lipinski definition) is 1. The van der Waals surface area contributed by atoms with Crippen LogP contribution in [0.1, 0.15) is 162 Å². The van der Waals surface area contributed by atoms with E-state index in [0.717, 1.165) is 64.2 Å². The molecule has 0 aromatic heterocycles. The van der Waals surface area contributed by atoms with Gasteiger partial charge >= 0.3 is 5.97 Å². The minimum atomic E-state index is -0.838. The Kier molecular flexibility index (Phi) is 25.9. The minimum absolute atomic E-state index is 0.326. The first-order valence-electron chi connectivity index (χ1n) is 15.2. The summed E-state index contributed by atoms with van der Waals surface area (Å²) < 4.78 is 18.7. The third kappa shape index (κ3) is 23.5. The zero-order valence-electron chi connectivity index (χ0n) is 23.8. The van der Waals surface area contributed by atoms with Crippen LogP contribution in [-0.4, -0.2) is 36.9 Å². The van der Waals surface area contributed by atoms with Gasteiger partial charge in [-0.25, -0.2) is 0 Å². The first-order chi connectivity index (χ1) is 17.1. The molecule has 0 aromatic carbocycles. The Morgan fingerprint density at radius 3 is 1.14 bits per heavy atom. The fourth-order valence-corrected chi connectivity index (χ4v) is 4.20. The van der Waals surface area contributed by atoms with Crippen molar-refractivity contribution >= 4 is 5.97 Å². The van der Waals surface area contributed by atoms with Crippen LogP contribution < -0.4 is 0 Å². The van der Waals surface area contributed by atoms with E-state index in [2.05, 4.69) is 20.8 Å². The summed E-state index contributed by atoms with van der Waals surface area (Å²) in [5.41, 5.74) is 0. The van der Waals surface area contributed by atoms with E-state index < -0.39 is 11.9 Å². The van der Waals surface area contributed by atoms with Crippen molar-refractivity contribution in [2.45, 2.75) is 168 Å². The van der Waals surface area contributed by atoms with E-state index >= 15 is 0 Å². The van der Waals surface area contributed by atoms with Crippen molar-refractivity contribution in [1.82, 2.24) is 0 Å². The van der Waals surface area contributed by atoms with Gasteiger partial charge in [0.1, 0.15) is 0 Å². The van der Waals surface area contributed by atoms with Crippen LogP contribution in [0.25, 0.3) is 0 Å². The second kappa shape index (κ2) is 26.4. The van der Waals surface area contributed by atoms with E-state index in [4.69, 9.17) is 19.3 Å². The second-order valence-electron chi connectivity index (χ2n) is 10.1. The van der Waals surface area contributed by atoms with Crippen LogP contribution in [0.5, 0.6) is 0 Å². The van der Waals surface area contributed by atoms with Crippen molar-refractivity contribution in [3.63, 3.8) is 0 Å². The zero-order chi connectivity index (χ0) is 25.9. The topological polar surface area (TPSA) is 65.0 Å². The average molecular weight is 501 g/mol. The number of ether oxygens (including phenoxy) is 3. The highest BCUT2D eigenvalue weighted by atomic mass is 16.9. The van der Waals surface area contributed by atoms with Crippen LogP contribution in [0.15, 0.2) is 0 Å². The van der Waals surface area contributed by atoms with Crippen molar-refractivity contribution in [3.8, 4) is 0 Å². The lowest BCUT2D eigenvalue weighted by Gasteiger charge is -2.33. The van der Waals surface area contributed by atoms with E-state index in [-0.39, 0.29) is 0 Å². The highest BCUT2D eigenvalue weighted by Crippen LogP contribution is 2.26. The van der Waals surface area contributed by atoms with Crippen LogP contribution in [0.4, 0.5) is 0 Å². The Bertz CT molecular complexity index is 414. The van der Waals surface area contributed by atoms with Crippen LogP contribution in [0.2, 0.25) is 0 Å². The Morgan fingerprint density at radius 2 is 0.829 bits per heavy atom. The maximum absolute atomic E-state index is 10.5. The number of hydrogen-bond acceptors (Lipinski definition) is 4. The summed E-state index contributed by atoms with van der Waals surface area (Å²) in [4.78, 5) is 10.5. The second-order valence-corrected chi connectivity index (χ2v) is 10.1. The standard InChI is InChI=1S/C30H60O5/c1-4-7-26-33-30(34-27-8-5-2,35-28-9-6-3)25-23-21-19-17-15-13-11-10-12-14-16-18-20-22-24-29(31)32/h4-28H2,1-3H3,(H,31,32). The maximum Gasteiger partial charge on any atom is 0.303 e. The minimum Gasteiger partial charge on any atom is -0.481 e. The lowest BCUT2D eigenvalue weighted by molar-refractivity contribution is -0.384. The molecule has 1 N–H and O–H groups in total. The molecule has 0 aliphatic heterocycles. The first-order valence-corrected chi connectivity index (χ1v) is 15.2. The lowest BCUT2D eigenvalue weighted by atomic mass is 10.0. The number of unbranched alkanes of at least 4 members (excludes halogenated alkanes) is 16. The van der Waals surface area contributed by atoms with Gasteiger partial charge < -0.3 is 19.3 Å². The van der Waals surface area contributed by atoms with Crippen molar-refractivity contribution in [2.75, 3.05) is 19.8 Å². The summed E-state index contributed by atoms with van der Waals surface area (Å²) in [6.45, 7) is 8.69. The van der Waals surface area contributed by atoms with Crippen molar-refractivity contribution in [2.24, 2.45) is 0 Å². The Labute approximate surface area is 218 Å². The van der Waals surface area contributed by atoms with Gasteiger partial charge in [-0.1, -0.05) is 117 Å². The van der Waals surface area contributed by atoms with E-state index in [1.54, 1.807) is 0 Å². The Hall–Kier alpha value is -0.650. The molecule has 0 amide bonds. The van der Waals surface area contributed by atoms with Gasteiger partial charge in [-0.15, -0.1) is 0 Å². The molecular formula is C30H60O5. The quantitative estimate of drug-likeness (QED) is 0.0818. The number of rotatable bonds is 29. The zero-order valence-corrected chi connectivity index (χ0v) is 23.8. The fourth-order valence-electron chi connectivity index (χ4n) is 4.20. The van der Waals surface area contributed by atoms with Gasteiger partial charge in [0.05, 0.1) is 19.8 Å². The summed E-state index contributed by atoms with van der Waals surface area (Å²) in [5.74, 6) is -1.50. The largest absolute Gasteiger partial charge is 0.481 e. The molecule has 0 fully saturated rings. The highest BCUT2D eigenvalue weighted by Gasteiger charge is 2.32. The van der Waals surface area contributed by atoms with Gasteiger partial charge in [-0.3, -0.25) is 4.79 Å². The number of carbonyl (C=O) groups is 1. The molecule has 0 heterocycles. The molecule has 0 radical (unpaired) electrons. The molecule has 0 saturated carbocycles. The number of carboxylic acid groups (broad SMARTS) is 1. The van der Waals surface area contributed by atoms with Gasteiger partial charge in [-0.2, -0.15) is 0 Å². The lowest BCUT2D eigenvalue weighted by Crippen LogP contribution is -2.40. The summed E-state index contributed by atoms with van der Waals surface area (Å²) in [7, 11) is 0. The predicted molar refractivity (Wildman–Crippen MR) is 147 cm³/mol. The van der Waals surface area contributed by atoms with E-state index in [1.807, 2.05) is 0 Å². The molecule has 0 rings (SSSR count). The van der Waals surface area contributed by atoms with Gasteiger partial charge in [0.15, 0.2) is 0 Å². The molecule has 0 bridgehead atoms. The van der Waals surface area contributed by atoms with Crippen molar-refractivity contribution in [1.29, 1.82) is 0 Å². The van der Waals surface area contributed by atoms with Gasteiger partial charge in [-0.05, 0) is 32.1 Å². The van der Waals surface area contributed by atoms with Crippen molar-refractivity contribution < 1.29 is 24.1 Å². The molecule has 0 unspecified atom stereocenters. The molecule has 0 aliphatic rings. The van der Waals surface area contributed by atoms with E-state index in [9.17, 15) is 4.79 Å². The molecule has 210 valence electrons. The number of aliphatic carboxylic acids is 1. The molecular weight excluding hydrogens is 440 g/mol.